The molecule has 0 aliphatic heterocycles. The summed E-state index contributed by atoms with van der Waals surface area (Å²) in [4.78, 5) is 29.1. The standard InChI is InChI=1S/C25H22F3N5O5S2/c1-33(2)19-10-4-9-17-16(19)8-5-11-20(17)40(36,37)32-15-7-3-6-14(12-15)18-13-39-24(30-18)31-22(34)21(29)38-23(35)25(26,27)28/h3-13,21,32H,29H2,1-2H3,(H,30,31,34). The summed E-state index contributed by atoms with van der Waals surface area (Å²) in [6.07, 6.45) is -7.51. The molecule has 210 valence electrons. The van der Waals surface area contributed by atoms with Gasteiger partial charge in [-0.1, -0.05) is 36.4 Å². The lowest BCUT2D eigenvalue weighted by Gasteiger charge is -2.17. The largest absolute Gasteiger partial charge is 0.490 e. The van der Waals surface area contributed by atoms with E-state index in [9.17, 15) is 31.2 Å². The molecule has 0 aliphatic carbocycles. The first-order valence-electron chi connectivity index (χ1n) is 11.4. The summed E-state index contributed by atoms with van der Waals surface area (Å²) >= 11 is 0.931. The molecule has 1 unspecified atom stereocenters. The molecule has 0 fully saturated rings. The van der Waals surface area contributed by atoms with Gasteiger partial charge in [0.1, 0.15) is 0 Å². The summed E-state index contributed by atoms with van der Waals surface area (Å²) in [6.45, 7) is 0. The third-order valence-corrected chi connectivity index (χ3v) is 7.70. The topological polar surface area (TPSA) is 144 Å². The number of nitrogens with zero attached hydrogens (tertiary/aromatic N) is 2. The minimum Gasteiger partial charge on any atom is -0.430 e. The van der Waals surface area contributed by atoms with Gasteiger partial charge < -0.3 is 9.64 Å². The zero-order valence-corrected chi connectivity index (χ0v) is 22.5. The lowest BCUT2D eigenvalue weighted by molar-refractivity contribution is -0.204. The number of hydrogen-bond acceptors (Lipinski definition) is 9. The Kier molecular flexibility index (Phi) is 8.00. The van der Waals surface area contributed by atoms with Crippen LogP contribution in [0.2, 0.25) is 0 Å². The molecule has 0 saturated carbocycles. The fourth-order valence-electron chi connectivity index (χ4n) is 3.72. The monoisotopic (exact) mass is 593 g/mol. The van der Waals surface area contributed by atoms with E-state index in [4.69, 9.17) is 5.73 Å². The second-order valence-corrected chi connectivity index (χ2v) is 11.1. The summed E-state index contributed by atoms with van der Waals surface area (Å²) in [6, 6.07) is 16.8. The summed E-state index contributed by atoms with van der Waals surface area (Å²) in [7, 11) is -0.267. The van der Waals surface area contributed by atoms with Crippen molar-refractivity contribution in [3.05, 3.63) is 66.0 Å². The van der Waals surface area contributed by atoms with E-state index in [0.717, 1.165) is 22.4 Å². The van der Waals surface area contributed by atoms with Gasteiger partial charge in [0.15, 0.2) is 5.13 Å². The Morgan fingerprint density at radius 2 is 1.73 bits per heavy atom. The highest BCUT2D eigenvalue weighted by molar-refractivity contribution is 7.93. The summed E-state index contributed by atoms with van der Waals surface area (Å²) in [5, 5.41) is 5.00. The van der Waals surface area contributed by atoms with Crippen LogP contribution in [0.15, 0.2) is 70.9 Å². The number of halogens is 3. The van der Waals surface area contributed by atoms with E-state index in [1.54, 1.807) is 36.4 Å². The molecule has 1 heterocycles. The molecular formula is C25H22F3N5O5S2. The van der Waals surface area contributed by atoms with Gasteiger partial charge in [-0.2, -0.15) is 13.2 Å². The number of hydrogen-bond donors (Lipinski definition) is 3. The van der Waals surface area contributed by atoms with Crippen molar-refractivity contribution in [1.29, 1.82) is 0 Å². The molecule has 1 aromatic heterocycles. The van der Waals surface area contributed by atoms with E-state index in [1.807, 2.05) is 31.1 Å². The third-order valence-electron chi connectivity index (χ3n) is 5.50. The van der Waals surface area contributed by atoms with Crippen molar-refractivity contribution in [3.63, 3.8) is 0 Å². The Morgan fingerprint density at radius 3 is 2.42 bits per heavy atom. The van der Waals surface area contributed by atoms with E-state index in [1.165, 1.54) is 17.5 Å². The van der Waals surface area contributed by atoms with Crippen LogP contribution in [-0.4, -0.2) is 51.8 Å². The Labute approximate surface area is 230 Å². The number of carbonyl (C=O) groups excluding carboxylic acids is 2. The average molecular weight is 594 g/mol. The number of nitrogens with two attached hydrogens (primary N) is 1. The van der Waals surface area contributed by atoms with E-state index in [2.05, 4.69) is 19.8 Å². The number of thiazole rings is 1. The molecule has 0 saturated heterocycles. The van der Waals surface area contributed by atoms with E-state index >= 15 is 0 Å². The van der Waals surface area contributed by atoms with Crippen molar-refractivity contribution in [2.24, 2.45) is 5.73 Å². The maximum atomic E-state index is 13.4. The van der Waals surface area contributed by atoms with Crippen LogP contribution in [0.3, 0.4) is 0 Å². The SMILES string of the molecule is CN(C)c1cccc2c(S(=O)(=O)Nc3cccc(-c4csc(NC(=O)C(N)OC(=O)C(F)(F)F)n4)c3)cccc12. The lowest BCUT2D eigenvalue weighted by Crippen LogP contribution is -2.42. The molecule has 0 bridgehead atoms. The van der Waals surface area contributed by atoms with Crippen molar-refractivity contribution in [1.82, 2.24) is 4.98 Å². The number of rotatable bonds is 8. The van der Waals surface area contributed by atoms with Crippen molar-refractivity contribution in [2.45, 2.75) is 17.3 Å². The maximum absolute atomic E-state index is 13.4. The average Bonchev–Trinajstić information content (AvgIpc) is 3.35. The molecule has 4 aromatic rings. The van der Waals surface area contributed by atoms with Crippen LogP contribution in [0, 0.1) is 0 Å². The molecule has 4 rings (SSSR count). The number of nitrogens with one attached hydrogen (secondary N) is 2. The number of alkyl halides is 3. The Hall–Kier alpha value is -4.21. The van der Waals surface area contributed by atoms with Crippen molar-refractivity contribution in [2.75, 3.05) is 29.0 Å². The summed E-state index contributed by atoms with van der Waals surface area (Å²) < 4.78 is 70.2. The molecule has 15 heteroatoms. The van der Waals surface area contributed by atoms with Crippen LogP contribution >= 0.6 is 11.3 Å². The van der Waals surface area contributed by atoms with Crippen molar-refractivity contribution >= 4 is 60.5 Å². The molecule has 3 aromatic carbocycles. The van der Waals surface area contributed by atoms with Gasteiger partial charge in [0.25, 0.3) is 15.9 Å². The van der Waals surface area contributed by atoms with Crippen LogP contribution in [0.5, 0.6) is 0 Å². The van der Waals surface area contributed by atoms with Crippen LogP contribution in [0.4, 0.5) is 29.7 Å². The highest BCUT2D eigenvalue weighted by Crippen LogP contribution is 2.32. The zero-order chi connectivity index (χ0) is 29.2. The van der Waals surface area contributed by atoms with Crippen molar-refractivity contribution in [3.8, 4) is 11.3 Å². The summed E-state index contributed by atoms with van der Waals surface area (Å²) in [5.74, 6) is -3.82. The predicted octanol–water partition coefficient (Wildman–Crippen LogP) is 4.16. The Morgan fingerprint density at radius 1 is 1.05 bits per heavy atom. The first-order valence-corrected chi connectivity index (χ1v) is 13.7. The highest BCUT2D eigenvalue weighted by atomic mass is 32.2. The van der Waals surface area contributed by atoms with E-state index in [0.29, 0.717) is 16.6 Å². The Bertz CT molecular complexity index is 1690. The first kappa shape index (κ1) is 28.8. The normalized spacial score (nSPS) is 12.6. The van der Waals surface area contributed by atoms with Gasteiger partial charge in [-0.25, -0.2) is 18.2 Å². The second-order valence-electron chi connectivity index (χ2n) is 8.56. The highest BCUT2D eigenvalue weighted by Gasteiger charge is 2.42. The van der Waals surface area contributed by atoms with Crippen LogP contribution < -0.4 is 20.7 Å². The van der Waals surface area contributed by atoms with Gasteiger partial charge in [0, 0.05) is 47.2 Å². The summed E-state index contributed by atoms with van der Waals surface area (Å²) in [5.41, 5.74) is 7.15. The van der Waals surface area contributed by atoms with Gasteiger partial charge in [-0.15, -0.1) is 11.3 Å². The number of anilines is 3. The second kappa shape index (κ2) is 11.1. The van der Waals surface area contributed by atoms with Gasteiger partial charge in [0.2, 0.25) is 6.23 Å². The molecule has 1 amide bonds. The van der Waals surface area contributed by atoms with Gasteiger partial charge in [0.05, 0.1) is 10.6 Å². The van der Waals surface area contributed by atoms with Gasteiger partial charge >= 0.3 is 12.1 Å². The van der Waals surface area contributed by atoms with Crippen LogP contribution in [0.25, 0.3) is 22.0 Å². The number of carbonyl (C=O) groups is 2. The fraction of sp³-hybridized carbons (Fsp3) is 0.160. The predicted molar refractivity (Wildman–Crippen MR) is 145 cm³/mol. The maximum Gasteiger partial charge on any atom is 0.490 e. The molecular weight excluding hydrogens is 571 g/mol. The van der Waals surface area contributed by atoms with Gasteiger partial charge in [-0.05, 0) is 24.3 Å². The Balaban J connectivity index is 1.52. The quantitative estimate of drug-likeness (QED) is 0.204. The number of aromatic nitrogens is 1. The molecule has 0 aliphatic rings. The number of amides is 1. The molecule has 0 spiro atoms. The smallest absolute Gasteiger partial charge is 0.430 e. The van der Waals surface area contributed by atoms with Crippen molar-refractivity contribution < 1.29 is 35.9 Å². The number of esters is 1. The van der Waals surface area contributed by atoms with E-state index in [-0.39, 0.29) is 15.7 Å². The number of benzene rings is 3. The molecule has 0 radical (unpaired) electrons. The zero-order valence-electron chi connectivity index (χ0n) is 20.9. The number of ether oxygens (including phenoxy) is 1. The fourth-order valence-corrected chi connectivity index (χ4v) is 5.71. The van der Waals surface area contributed by atoms with Crippen LogP contribution in [-0.2, 0) is 24.3 Å². The number of sulfonamides is 1. The lowest BCUT2D eigenvalue weighted by atomic mass is 10.1. The molecule has 4 N–H and O–H groups in total. The molecule has 40 heavy (non-hydrogen) atoms. The minimum absolute atomic E-state index is 0.0306. The molecule has 1 atom stereocenters. The minimum atomic E-state index is -5.30. The third kappa shape index (κ3) is 6.32. The van der Waals surface area contributed by atoms with Crippen LogP contribution in [0.1, 0.15) is 0 Å². The first-order chi connectivity index (χ1) is 18.8. The van der Waals surface area contributed by atoms with E-state index < -0.39 is 34.3 Å². The molecule has 10 nitrogen and oxygen atoms in total. The van der Waals surface area contributed by atoms with Gasteiger partial charge in [-0.3, -0.25) is 20.6 Å². The number of fused-ring (bicyclic) bond motifs is 1.